The predicted molar refractivity (Wildman–Crippen MR) is 74.2 cm³/mol. The summed E-state index contributed by atoms with van der Waals surface area (Å²) in [4.78, 5) is 0. The first-order chi connectivity index (χ1) is 8.09. The summed E-state index contributed by atoms with van der Waals surface area (Å²) in [5.74, 6) is -0.410. The molecule has 0 amide bonds. The Balaban J connectivity index is 2.73. The number of benzene rings is 1. The van der Waals surface area contributed by atoms with E-state index in [9.17, 15) is 12.8 Å². The van der Waals surface area contributed by atoms with Gasteiger partial charge in [-0.3, -0.25) is 0 Å². The van der Waals surface area contributed by atoms with Crippen LogP contribution in [-0.4, -0.2) is 14.2 Å². The fourth-order valence-corrected chi connectivity index (χ4v) is 3.51. The van der Waals surface area contributed by atoms with E-state index in [1.54, 1.807) is 12.1 Å². The third-order valence-electron chi connectivity index (χ3n) is 2.11. The lowest BCUT2D eigenvalue weighted by Crippen LogP contribution is -2.32. The van der Waals surface area contributed by atoms with Crippen molar-refractivity contribution in [2.75, 3.05) is 5.75 Å². The summed E-state index contributed by atoms with van der Waals surface area (Å²) in [5.41, 5.74) is -0.0105. The summed E-state index contributed by atoms with van der Waals surface area (Å²) in [6.07, 6.45) is 0. The van der Waals surface area contributed by atoms with Crippen molar-refractivity contribution >= 4 is 26.0 Å². The molecular weight excluding hydrogens is 321 g/mol. The molecule has 0 bridgehead atoms. The molecular formula is C12H17BrFNO2S. The van der Waals surface area contributed by atoms with Crippen LogP contribution in [-0.2, 0) is 16.6 Å². The number of rotatable bonds is 4. The van der Waals surface area contributed by atoms with Crippen LogP contribution in [0.15, 0.2) is 22.7 Å². The molecule has 6 heteroatoms. The molecule has 1 rings (SSSR count). The summed E-state index contributed by atoms with van der Waals surface area (Å²) in [7, 11) is -3.40. The van der Waals surface area contributed by atoms with Crippen molar-refractivity contribution in [3.05, 3.63) is 34.1 Å². The highest BCUT2D eigenvalue weighted by Crippen LogP contribution is 2.17. The van der Waals surface area contributed by atoms with E-state index in [4.69, 9.17) is 0 Å². The maximum atomic E-state index is 13.4. The van der Waals surface area contributed by atoms with Crippen LogP contribution in [0.1, 0.15) is 26.3 Å². The minimum absolute atomic E-state index is 0.00955. The second kappa shape index (κ2) is 5.67. The monoisotopic (exact) mass is 337 g/mol. The zero-order valence-electron chi connectivity index (χ0n) is 10.6. The Labute approximate surface area is 116 Å². The van der Waals surface area contributed by atoms with Crippen LogP contribution < -0.4 is 4.72 Å². The summed E-state index contributed by atoms with van der Waals surface area (Å²) < 4.78 is 40.1. The van der Waals surface area contributed by atoms with Crippen molar-refractivity contribution in [3.8, 4) is 0 Å². The lowest BCUT2D eigenvalue weighted by molar-refractivity contribution is 0.457. The molecule has 0 spiro atoms. The van der Waals surface area contributed by atoms with Gasteiger partial charge in [-0.1, -0.05) is 36.7 Å². The molecule has 1 N–H and O–H groups in total. The largest absolute Gasteiger partial charge is 0.212 e. The van der Waals surface area contributed by atoms with E-state index in [0.717, 1.165) is 0 Å². The summed E-state index contributed by atoms with van der Waals surface area (Å²) in [5, 5.41) is 0. The maximum Gasteiger partial charge on any atom is 0.212 e. The van der Waals surface area contributed by atoms with E-state index >= 15 is 0 Å². The molecule has 0 saturated heterocycles. The summed E-state index contributed by atoms with van der Waals surface area (Å²) in [6.45, 7) is 5.48. The zero-order chi connectivity index (χ0) is 14.0. The number of nitrogens with one attached hydrogen (secondary N) is 1. The average Bonchev–Trinajstić information content (AvgIpc) is 2.16. The Bertz CT molecular complexity index is 523. The smallest absolute Gasteiger partial charge is 0.212 e. The molecule has 0 fully saturated rings. The topological polar surface area (TPSA) is 46.2 Å². The average molecular weight is 338 g/mol. The minimum atomic E-state index is -3.40. The summed E-state index contributed by atoms with van der Waals surface area (Å²) >= 11 is 3.22. The predicted octanol–water partition coefficient (Wildman–Crippen LogP) is 3.05. The van der Waals surface area contributed by atoms with Crippen molar-refractivity contribution in [2.45, 2.75) is 27.3 Å². The lowest BCUT2D eigenvalue weighted by Gasteiger charge is -2.18. The van der Waals surface area contributed by atoms with Crippen molar-refractivity contribution in [1.82, 2.24) is 4.72 Å². The Morgan fingerprint density at radius 2 is 1.94 bits per heavy atom. The molecule has 0 aliphatic heterocycles. The van der Waals surface area contributed by atoms with Crippen LogP contribution in [0, 0.1) is 11.2 Å². The van der Waals surface area contributed by atoms with Crippen molar-refractivity contribution in [2.24, 2.45) is 5.41 Å². The van der Waals surface area contributed by atoms with Gasteiger partial charge in [-0.15, -0.1) is 0 Å². The van der Waals surface area contributed by atoms with E-state index < -0.39 is 15.8 Å². The third-order valence-corrected chi connectivity index (χ3v) is 4.44. The van der Waals surface area contributed by atoms with Crippen LogP contribution in [0.4, 0.5) is 4.39 Å². The lowest BCUT2D eigenvalue weighted by atomic mass is 10.0. The molecule has 1 aromatic rings. The molecule has 0 heterocycles. The standard InChI is InChI=1S/C12H17BrFNO2S/c1-12(2,3)8-18(16,17)15-7-9-6-10(13)4-5-11(9)14/h4-6,15H,7-8H2,1-3H3. The molecule has 0 saturated carbocycles. The first-order valence-electron chi connectivity index (χ1n) is 5.50. The van der Waals surface area contributed by atoms with Crippen LogP contribution in [0.2, 0.25) is 0 Å². The van der Waals surface area contributed by atoms with Crippen LogP contribution in [0.25, 0.3) is 0 Å². The highest BCUT2D eigenvalue weighted by Gasteiger charge is 2.21. The van der Waals surface area contributed by atoms with Crippen LogP contribution in [0.3, 0.4) is 0 Å². The van der Waals surface area contributed by atoms with Gasteiger partial charge in [0.1, 0.15) is 5.82 Å². The highest BCUT2D eigenvalue weighted by molar-refractivity contribution is 9.10. The molecule has 0 atom stereocenters. The van der Waals surface area contributed by atoms with E-state index in [2.05, 4.69) is 20.7 Å². The molecule has 0 aromatic heterocycles. The fourth-order valence-electron chi connectivity index (χ4n) is 1.49. The molecule has 0 aliphatic carbocycles. The van der Waals surface area contributed by atoms with Gasteiger partial charge < -0.3 is 0 Å². The molecule has 0 radical (unpaired) electrons. The van der Waals surface area contributed by atoms with Crippen molar-refractivity contribution in [1.29, 1.82) is 0 Å². The quantitative estimate of drug-likeness (QED) is 0.917. The van der Waals surface area contributed by atoms with Crippen molar-refractivity contribution in [3.63, 3.8) is 0 Å². The highest BCUT2D eigenvalue weighted by atomic mass is 79.9. The maximum absolute atomic E-state index is 13.4. The molecule has 0 unspecified atom stereocenters. The van der Waals surface area contributed by atoms with Crippen LogP contribution >= 0.6 is 15.9 Å². The molecule has 0 aliphatic rings. The van der Waals surface area contributed by atoms with Gasteiger partial charge >= 0.3 is 0 Å². The Hall–Kier alpha value is -0.460. The van der Waals surface area contributed by atoms with E-state index in [-0.39, 0.29) is 17.7 Å². The number of halogens is 2. The first kappa shape index (κ1) is 15.6. The second-order valence-corrected chi connectivity index (χ2v) is 8.10. The van der Waals surface area contributed by atoms with Gasteiger partial charge in [0.25, 0.3) is 0 Å². The van der Waals surface area contributed by atoms with Gasteiger partial charge in [0.15, 0.2) is 0 Å². The van der Waals surface area contributed by atoms with Gasteiger partial charge in [-0.2, -0.15) is 0 Å². The number of hydrogen-bond donors (Lipinski definition) is 1. The molecule has 3 nitrogen and oxygen atoms in total. The summed E-state index contributed by atoms with van der Waals surface area (Å²) in [6, 6.07) is 4.44. The Morgan fingerprint density at radius 3 is 2.50 bits per heavy atom. The van der Waals surface area contributed by atoms with E-state index in [1.807, 2.05) is 20.8 Å². The Morgan fingerprint density at radius 1 is 1.33 bits per heavy atom. The fraction of sp³-hybridized carbons (Fsp3) is 0.500. The van der Waals surface area contributed by atoms with E-state index in [1.165, 1.54) is 6.07 Å². The van der Waals surface area contributed by atoms with Gasteiger partial charge in [-0.05, 0) is 23.6 Å². The molecule has 102 valence electrons. The molecule has 1 aromatic carbocycles. The number of sulfonamides is 1. The third kappa shape index (κ3) is 5.46. The minimum Gasteiger partial charge on any atom is -0.212 e. The van der Waals surface area contributed by atoms with Gasteiger partial charge in [0, 0.05) is 16.6 Å². The SMILES string of the molecule is CC(C)(C)CS(=O)(=O)NCc1cc(Br)ccc1F. The van der Waals surface area contributed by atoms with Gasteiger partial charge in [0.2, 0.25) is 10.0 Å². The van der Waals surface area contributed by atoms with E-state index in [0.29, 0.717) is 10.0 Å². The second-order valence-electron chi connectivity index (χ2n) is 5.38. The first-order valence-corrected chi connectivity index (χ1v) is 7.95. The zero-order valence-corrected chi connectivity index (χ0v) is 13.0. The number of hydrogen-bond acceptors (Lipinski definition) is 2. The van der Waals surface area contributed by atoms with Gasteiger partial charge in [0.05, 0.1) is 5.75 Å². The van der Waals surface area contributed by atoms with Gasteiger partial charge in [-0.25, -0.2) is 17.5 Å². The Kier molecular flexibility index (Phi) is 4.91. The van der Waals surface area contributed by atoms with Crippen molar-refractivity contribution < 1.29 is 12.8 Å². The molecule has 18 heavy (non-hydrogen) atoms. The van der Waals surface area contributed by atoms with Crippen LogP contribution in [0.5, 0.6) is 0 Å². The normalized spacial score (nSPS) is 12.7.